The maximum atomic E-state index is 12.8. The van der Waals surface area contributed by atoms with Crippen LogP contribution >= 0.6 is 24.2 Å². The monoisotopic (exact) mass is 516 g/mol. The summed E-state index contributed by atoms with van der Waals surface area (Å²) in [6.45, 7) is 4.80. The van der Waals surface area contributed by atoms with Crippen LogP contribution < -0.4 is 0 Å². The number of ether oxygens (including phenoxy) is 1. The Morgan fingerprint density at radius 1 is 1.15 bits per heavy atom. The number of benzene rings is 1. The summed E-state index contributed by atoms with van der Waals surface area (Å²) in [6.07, 6.45) is 1.09. The molecule has 5 nitrogen and oxygen atoms in total. The molecule has 2 aromatic rings. The van der Waals surface area contributed by atoms with E-state index in [2.05, 4.69) is 26.7 Å². The van der Waals surface area contributed by atoms with Gasteiger partial charge in [0.2, 0.25) is 0 Å². The Hall–Kier alpha value is -1.29. The number of thioether (sulfide) groups is 1. The van der Waals surface area contributed by atoms with E-state index < -0.39 is 11.7 Å². The first kappa shape index (κ1) is 25.8. The molecule has 2 atom stereocenters. The van der Waals surface area contributed by atoms with Gasteiger partial charge in [0.15, 0.2) is 5.16 Å². The van der Waals surface area contributed by atoms with Crippen molar-refractivity contribution in [2.24, 2.45) is 12.5 Å². The molecule has 3 heterocycles. The standard InChI is InChI=1S/C24H31F3N4OS.ClH/c1-30-21(18-7-12-32-13-8-18)28-29-22(30)33-14-2-10-31-11-9-23(16-31)15-20(23)17-3-5-19(6-4-17)24(25,26)27;/h3-6,18,20H,2,7-16H2,1H3;1H. The van der Waals surface area contributed by atoms with Gasteiger partial charge in [-0.05, 0) is 74.2 Å². The number of alkyl halides is 3. The number of halogens is 4. The molecule has 0 N–H and O–H groups in total. The molecule has 10 heteroatoms. The average molecular weight is 517 g/mol. The van der Waals surface area contributed by atoms with Crippen LogP contribution in [-0.4, -0.2) is 58.3 Å². The number of rotatable bonds is 7. The molecule has 1 saturated carbocycles. The summed E-state index contributed by atoms with van der Waals surface area (Å²) in [5.41, 5.74) is 0.770. The molecular weight excluding hydrogens is 485 g/mol. The van der Waals surface area contributed by atoms with Crippen LogP contribution in [0.1, 0.15) is 60.9 Å². The van der Waals surface area contributed by atoms with Gasteiger partial charge < -0.3 is 14.2 Å². The third-order valence-electron chi connectivity index (χ3n) is 7.60. The van der Waals surface area contributed by atoms with Crippen molar-refractivity contribution in [1.29, 1.82) is 0 Å². The van der Waals surface area contributed by atoms with Crippen molar-refractivity contribution in [2.75, 3.05) is 38.6 Å². The largest absolute Gasteiger partial charge is 0.416 e. The number of hydrogen-bond donors (Lipinski definition) is 0. The normalized spacial score (nSPS) is 25.6. The van der Waals surface area contributed by atoms with Crippen molar-refractivity contribution in [3.05, 3.63) is 41.2 Å². The van der Waals surface area contributed by atoms with Crippen molar-refractivity contribution in [2.45, 2.75) is 55.3 Å². The third kappa shape index (κ3) is 5.42. The van der Waals surface area contributed by atoms with E-state index in [-0.39, 0.29) is 17.8 Å². The van der Waals surface area contributed by atoms with Crippen molar-refractivity contribution in [3.8, 4) is 0 Å². The van der Waals surface area contributed by atoms with Gasteiger partial charge in [-0.2, -0.15) is 13.2 Å². The van der Waals surface area contributed by atoms with Gasteiger partial charge in [-0.25, -0.2) is 0 Å². The zero-order chi connectivity index (χ0) is 23.1. The predicted molar refractivity (Wildman–Crippen MR) is 129 cm³/mol. The summed E-state index contributed by atoms with van der Waals surface area (Å²) < 4.78 is 46.1. The molecule has 3 aliphatic rings. The van der Waals surface area contributed by atoms with Gasteiger partial charge in [-0.3, -0.25) is 0 Å². The Balaban J connectivity index is 0.00000274. The first-order valence-corrected chi connectivity index (χ1v) is 12.8. The van der Waals surface area contributed by atoms with E-state index in [1.807, 2.05) is 0 Å². The molecule has 1 aromatic carbocycles. The lowest BCUT2D eigenvalue weighted by atomic mass is 9.97. The predicted octanol–water partition coefficient (Wildman–Crippen LogP) is 5.51. The smallest absolute Gasteiger partial charge is 0.381 e. The Kier molecular flexibility index (Phi) is 7.86. The van der Waals surface area contributed by atoms with Crippen LogP contribution in [0.15, 0.2) is 29.4 Å². The Bertz CT molecular complexity index is 964. The summed E-state index contributed by atoms with van der Waals surface area (Å²) >= 11 is 1.77. The maximum Gasteiger partial charge on any atom is 0.416 e. The minimum Gasteiger partial charge on any atom is -0.381 e. The first-order chi connectivity index (χ1) is 15.9. The van der Waals surface area contributed by atoms with Gasteiger partial charge >= 0.3 is 6.18 Å². The lowest BCUT2D eigenvalue weighted by Gasteiger charge is -2.21. The van der Waals surface area contributed by atoms with Crippen LogP contribution in [0.25, 0.3) is 0 Å². The van der Waals surface area contributed by atoms with Crippen molar-refractivity contribution < 1.29 is 17.9 Å². The van der Waals surface area contributed by atoms with Crippen LogP contribution in [-0.2, 0) is 18.0 Å². The fourth-order valence-corrected chi connectivity index (χ4v) is 6.41. The molecule has 1 spiro atoms. The highest BCUT2D eigenvalue weighted by atomic mass is 35.5. The van der Waals surface area contributed by atoms with E-state index in [0.29, 0.717) is 11.8 Å². The van der Waals surface area contributed by atoms with E-state index >= 15 is 0 Å². The highest BCUT2D eigenvalue weighted by molar-refractivity contribution is 7.99. The molecule has 0 radical (unpaired) electrons. The topological polar surface area (TPSA) is 43.2 Å². The molecule has 1 aliphatic carbocycles. The van der Waals surface area contributed by atoms with Gasteiger partial charge in [0, 0.05) is 38.5 Å². The molecule has 34 heavy (non-hydrogen) atoms. The molecule has 2 aliphatic heterocycles. The van der Waals surface area contributed by atoms with Crippen LogP contribution in [0.5, 0.6) is 0 Å². The molecule has 0 amide bonds. The first-order valence-electron chi connectivity index (χ1n) is 11.9. The zero-order valence-corrected chi connectivity index (χ0v) is 21.0. The minimum atomic E-state index is -4.26. The SMILES string of the molecule is Cl.Cn1c(SCCCN2CCC3(CC3c3ccc(C(F)(F)F)cc3)C2)nnc1C1CCOCC1. The summed E-state index contributed by atoms with van der Waals surface area (Å²) in [4.78, 5) is 2.52. The van der Waals surface area contributed by atoms with Crippen molar-refractivity contribution in [1.82, 2.24) is 19.7 Å². The molecule has 2 unspecified atom stereocenters. The summed E-state index contributed by atoms with van der Waals surface area (Å²) in [7, 11) is 2.06. The molecule has 3 fully saturated rings. The Morgan fingerprint density at radius 3 is 2.59 bits per heavy atom. The van der Waals surface area contributed by atoms with Crippen LogP contribution in [0, 0.1) is 5.41 Å². The molecule has 2 saturated heterocycles. The van der Waals surface area contributed by atoms with Gasteiger partial charge in [0.05, 0.1) is 5.56 Å². The second kappa shape index (κ2) is 10.4. The second-order valence-electron chi connectivity index (χ2n) is 9.75. The average Bonchev–Trinajstić information content (AvgIpc) is 3.15. The second-order valence-corrected chi connectivity index (χ2v) is 10.8. The fourth-order valence-electron chi connectivity index (χ4n) is 5.56. The van der Waals surface area contributed by atoms with Crippen molar-refractivity contribution in [3.63, 3.8) is 0 Å². The number of hydrogen-bond acceptors (Lipinski definition) is 5. The maximum absolute atomic E-state index is 12.8. The van der Waals surface area contributed by atoms with Gasteiger partial charge in [-0.15, -0.1) is 22.6 Å². The van der Waals surface area contributed by atoms with E-state index in [4.69, 9.17) is 4.74 Å². The lowest BCUT2D eigenvalue weighted by molar-refractivity contribution is -0.137. The number of likely N-dealkylation sites (tertiary alicyclic amines) is 1. The molecule has 1 aromatic heterocycles. The molecule has 5 rings (SSSR count). The number of aromatic nitrogens is 3. The highest BCUT2D eigenvalue weighted by Gasteiger charge is 2.57. The Labute approximate surface area is 209 Å². The van der Waals surface area contributed by atoms with Gasteiger partial charge in [0.25, 0.3) is 0 Å². The van der Waals surface area contributed by atoms with Gasteiger partial charge in [-0.1, -0.05) is 23.9 Å². The summed E-state index contributed by atoms with van der Waals surface area (Å²) in [5, 5.41) is 9.84. The minimum absolute atomic E-state index is 0. The Morgan fingerprint density at radius 2 is 1.88 bits per heavy atom. The molecule has 0 bridgehead atoms. The highest BCUT2D eigenvalue weighted by Crippen LogP contribution is 2.64. The van der Waals surface area contributed by atoms with Crippen LogP contribution in [0.2, 0.25) is 0 Å². The third-order valence-corrected chi connectivity index (χ3v) is 8.71. The zero-order valence-electron chi connectivity index (χ0n) is 19.4. The molecule has 188 valence electrons. The van der Waals surface area contributed by atoms with E-state index in [9.17, 15) is 13.2 Å². The summed E-state index contributed by atoms with van der Waals surface area (Å²) in [5.74, 6) is 2.93. The van der Waals surface area contributed by atoms with E-state index in [1.54, 1.807) is 23.9 Å². The lowest BCUT2D eigenvalue weighted by Crippen LogP contribution is -2.23. The van der Waals surface area contributed by atoms with E-state index in [0.717, 1.165) is 87.2 Å². The number of nitrogens with zero attached hydrogens (tertiary/aromatic N) is 4. The molecular formula is C24H32ClF3N4OS. The van der Waals surface area contributed by atoms with Gasteiger partial charge in [0.1, 0.15) is 5.82 Å². The van der Waals surface area contributed by atoms with Crippen LogP contribution in [0.3, 0.4) is 0 Å². The van der Waals surface area contributed by atoms with Crippen molar-refractivity contribution >= 4 is 24.2 Å². The van der Waals surface area contributed by atoms with E-state index in [1.165, 1.54) is 12.1 Å². The van der Waals surface area contributed by atoms with Crippen LogP contribution in [0.4, 0.5) is 13.2 Å². The fraction of sp³-hybridized carbons (Fsp3) is 0.667. The quantitative estimate of drug-likeness (QED) is 0.358. The summed E-state index contributed by atoms with van der Waals surface area (Å²) in [6, 6.07) is 5.81.